The zero-order valence-corrected chi connectivity index (χ0v) is 19.2. The second-order valence-electron chi connectivity index (χ2n) is 9.44. The van der Waals surface area contributed by atoms with E-state index in [0.717, 1.165) is 70.5 Å². The quantitative estimate of drug-likeness (QED) is 0.596. The second-order valence-corrected chi connectivity index (χ2v) is 9.44. The predicted molar refractivity (Wildman–Crippen MR) is 123 cm³/mol. The standard InChI is InChI=1S/C22H39N7O/c1-5-6-9-24-21-25-19(23)17-16-18(30)29(20(17)26-21)11-8-7-10-27-12-14-28(15-13-27)22(2,3)4/h5-16H2,1-4H3,(H3,23,24,25,26). The van der Waals surface area contributed by atoms with E-state index in [9.17, 15) is 4.79 Å². The predicted octanol–water partition coefficient (Wildman–Crippen LogP) is 2.36. The summed E-state index contributed by atoms with van der Waals surface area (Å²) in [7, 11) is 0. The summed E-state index contributed by atoms with van der Waals surface area (Å²) < 4.78 is 0. The van der Waals surface area contributed by atoms with Crippen LogP contribution < -0.4 is 16.0 Å². The fraction of sp³-hybridized carbons (Fsp3) is 0.773. The average Bonchev–Trinajstić information content (AvgIpc) is 3.01. The Labute approximate surface area is 181 Å². The van der Waals surface area contributed by atoms with E-state index in [-0.39, 0.29) is 11.4 Å². The zero-order chi connectivity index (χ0) is 21.7. The molecule has 0 bridgehead atoms. The molecule has 30 heavy (non-hydrogen) atoms. The molecule has 0 aliphatic carbocycles. The fourth-order valence-corrected chi connectivity index (χ4v) is 4.18. The number of nitrogens with zero attached hydrogens (tertiary/aromatic N) is 5. The zero-order valence-electron chi connectivity index (χ0n) is 19.2. The Hall–Kier alpha value is -1.93. The molecule has 2 aliphatic heterocycles. The van der Waals surface area contributed by atoms with Gasteiger partial charge in [0.15, 0.2) is 0 Å². The first-order valence-corrected chi connectivity index (χ1v) is 11.5. The summed E-state index contributed by atoms with van der Waals surface area (Å²) >= 11 is 0. The number of rotatable bonds is 9. The lowest BCUT2D eigenvalue weighted by Crippen LogP contribution is -2.53. The van der Waals surface area contributed by atoms with Gasteiger partial charge >= 0.3 is 0 Å². The van der Waals surface area contributed by atoms with Gasteiger partial charge in [0, 0.05) is 50.4 Å². The van der Waals surface area contributed by atoms with Gasteiger partial charge in [-0.1, -0.05) is 13.3 Å². The van der Waals surface area contributed by atoms with Crippen molar-refractivity contribution in [2.75, 3.05) is 61.8 Å². The number of carbonyl (C=O) groups is 1. The minimum Gasteiger partial charge on any atom is -0.383 e. The van der Waals surface area contributed by atoms with Crippen LogP contribution in [0.25, 0.3) is 0 Å². The normalized spacial score (nSPS) is 18.1. The minimum atomic E-state index is 0.0792. The van der Waals surface area contributed by atoms with Crippen molar-refractivity contribution in [3.63, 3.8) is 0 Å². The van der Waals surface area contributed by atoms with Gasteiger partial charge in [-0.2, -0.15) is 9.97 Å². The van der Waals surface area contributed by atoms with E-state index in [1.165, 1.54) is 0 Å². The van der Waals surface area contributed by atoms with Gasteiger partial charge in [0.2, 0.25) is 11.9 Å². The molecule has 0 spiro atoms. The maximum atomic E-state index is 12.5. The number of nitrogens with two attached hydrogens (primary N) is 1. The molecule has 0 aromatic carbocycles. The molecule has 2 aliphatic rings. The van der Waals surface area contributed by atoms with E-state index in [1.54, 1.807) is 4.90 Å². The summed E-state index contributed by atoms with van der Waals surface area (Å²) in [6, 6.07) is 0. The van der Waals surface area contributed by atoms with E-state index in [2.05, 4.69) is 52.8 Å². The molecular weight excluding hydrogens is 378 g/mol. The Morgan fingerprint density at radius 3 is 2.40 bits per heavy atom. The maximum Gasteiger partial charge on any atom is 0.232 e. The number of aromatic nitrogens is 2. The van der Waals surface area contributed by atoms with E-state index < -0.39 is 0 Å². The molecule has 1 amide bonds. The van der Waals surface area contributed by atoms with Crippen molar-refractivity contribution in [2.24, 2.45) is 0 Å². The maximum absolute atomic E-state index is 12.5. The van der Waals surface area contributed by atoms with E-state index in [1.807, 2.05) is 0 Å². The number of unbranched alkanes of at least 4 members (excludes halogenated alkanes) is 2. The number of fused-ring (bicyclic) bond motifs is 1. The summed E-state index contributed by atoms with van der Waals surface area (Å²) in [4.78, 5) is 28.4. The minimum absolute atomic E-state index is 0.0792. The van der Waals surface area contributed by atoms with Crippen LogP contribution in [0.4, 0.5) is 17.6 Å². The van der Waals surface area contributed by atoms with Gasteiger partial charge in [-0.3, -0.25) is 14.6 Å². The highest BCUT2D eigenvalue weighted by molar-refractivity contribution is 6.01. The lowest BCUT2D eigenvalue weighted by Gasteiger charge is -2.42. The van der Waals surface area contributed by atoms with Crippen LogP contribution in [0.3, 0.4) is 0 Å². The molecule has 1 aromatic heterocycles. The van der Waals surface area contributed by atoms with E-state index in [0.29, 0.717) is 30.5 Å². The Bertz CT molecular complexity index is 723. The van der Waals surface area contributed by atoms with Crippen LogP contribution in [0, 0.1) is 0 Å². The van der Waals surface area contributed by atoms with Gasteiger partial charge in [0.25, 0.3) is 0 Å². The number of amides is 1. The van der Waals surface area contributed by atoms with Crippen molar-refractivity contribution >= 4 is 23.5 Å². The van der Waals surface area contributed by atoms with Gasteiger partial charge in [-0.15, -0.1) is 0 Å². The van der Waals surface area contributed by atoms with Crippen LogP contribution in [0.5, 0.6) is 0 Å². The van der Waals surface area contributed by atoms with E-state index >= 15 is 0 Å². The third kappa shape index (κ3) is 5.60. The monoisotopic (exact) mass is 417 g/mol. The van der Waals surface area contributed by atoms with Crippen LogP contribution in [0.1, 0.15) is 58.9 Å². The highest BCUT2D eigenvalue weighted by Crippen LogP contribution is 2.31. The van der Waals surface area contributed by atoms with Crippen molar-refractivity contribution in [3.8, 4) is 0 Å². The Balaban J connectivity index is 1.48. The number of nitrogens with one attached hydrogen (secondary N) is 1. The van der Waals surface area contributed by atoms with Gasteiger partial charge in [0.1, 0.15) is 11.6 Å². The van der Waals surface area contributed by atoms with Crippen LogP contribution in [0.15, 0.2) is 0 Å². The van der Waals surface area contributed by atoms with Crippen LogP contribution >= 0.6 is 0 Å². The molecule has 3 rings (SSSR count). The van der Waals surface area contributed by atoms with Crippen molar-refractivity contribution in [1.29, 1.82) is 0 Å². The number of anilines is 3. The second kappa shape index (κ2) is 9.92. The molecule has 0 radical (unpaired) electrons. The van der Waals surface area contributed by atoms with Crippen LogP contribution in [0.2, 0.25) is 0 Å². The van der Waals surface area contributed by atoms with Gasteiger partial charge in [-0.25, -0.2) is 0 Å². The van der Waals surface area contributed by atoms with Crippen molar-refractivity contribution < 1.29 is 4.79 Å². The average molecular weight is 418 g/mol. The molecule has 0 saturated carbocycles. The topological polar surface area (TPSA) is 90.6 Å². The molecule has 1 aromatic rings. The molecule has 8 heteroatoms. The number of carbonyl (C=O) groups excluding carboxylic acids is 1. The van der Waals surface area contributed by atoms with Gasteiger partial charge in [0.05, 0.1) is 6.42 Å². The SMILES string of the molecule is CCCCNc1nc(N)c2c(n1)N(CCCCN1CCN(C(C)(C)C)CC1)C(=O)C2. The molecule has 3 heterocycles. The highest BCUT2D eigenvalue weighted by Gasteiger charge is 2.31. The number of hydrogen-bond acceptors (Lipinski definition) is 7. The molecule has 3 N–H and O–H groups in total. The third-order valence-corrected chi connectivity index (χ3v) is 6.14. The highest BCUT2D eigenvalue weighted by atomic mass is 16.2. The fourth-order valence-electron chi connectivity index (χ4n) is 4.18. The largest absolute Gasteiger partial charge is 0.383 e. The smallest absolute Gasteiger partial charge is 0.232 e. The number of piperazine rings is 1. The first-order valence-electron chi connectivity index (χ1n) is 11.5. The number of nitrogen functional groups attached to an aromatic ring is 1. The lowest BCUT2D eigenvalue weighted by molar-refractivity contribution is -0.117. The first-order chi connectivity index (χ1) is 14.3. The number of hydrogen-bond donors (Lipinski definition) is 2. The molecule has 1 saturated heterocycles. The van der Waals surface area contributed by atoms with Crippen LogP contribution in [-0.4, -0.2) is 77.0 Å². The summed E-state index contributed by atoms with van der Waals surface area (Å²) in [6.45, 7) is 16.1. The van der Waals surface area contributed by atoms with Crippen molar-refractivity contribution in [3.05, 3.63) is 5.56 Å². The van der Waals surface area contributed by atoms with E-state index in [4.69, 9.17) is 5.73 Å². The molecule has 1 fully saturated rings. The molecule has 0 unspecified atom stereocenters. The third-order valence-electron chi connectivity index (χ3n) is 6.14. The lowest BCUT2D eigenvalue weighted by atomic mass is 10.0. The molecular formula is C22H39N7O. The van der Waals surface area contributed by atoms with Gasteiger partial charge < -0.3 is 16.0 Å². The molecule has 8 nitrogen and oxygen atoms in total. The summed E-state index contributed by atoms with van der Waals surface area (Å²) in [5.41, 5.74) is 7.15. The summed E-state index contributed by atoms with van der Waals surface area (Å²) in [5, 5.41) is 3.22. The molecule has 0 atom stereocenters. The Kier molecular flexibility index (Phi) is 7.52. The van der Waals surface area contributed by atoms with Gasteiger partial charge in [-0.05, 0) is 46.6 Å². The van der Waals surface area contributed by atoms with Crippen molar-refractivity contribution in [1.82, 2.24) is 19.8 Å². The summed E-state index contributed by atoms with van der Waals surface area (Å²) in [5.74, 6) is 1.73. The van der Waals surface area contributed by atoms with Crippen molar-refractivity contribution in [2.45, 2.75) is 65.3 Å². The first kappa shape index (κ1) is 22.7. The Morgan fingerprint density at radius 2 is 1.73 bits per heavy atom. The summed E-state index contributed by atoms with van der Waals surface area (Å²) in [6.07, 6.45) is 4.51. The Morgan fingerprint density at radius 1 is 1.03 bits per heavy atom. The van der Waals surface area contributed by atoms with Crippen LogP contribution in [-0.2, 0) is 11.2 Å². The molecule has 168 valence electrons.